The fourth-order valence-electron chi connectivity index (χ4n) is 2.50. The van der Waals surface area contributed by atoms with Crippen molar-refractivity contribution in [1.29, 1.82) is 0 Å². The number of methoxy groups -OCH3 is 1. The van der Waals surface area contributed by atoms with Gasteiger partial charge in [0.2, 0.25) is 0 Å². The molecule has 0 radical (unpaired) electrons. The van der Waals surface area contributed by atoms with E-state index in [0.29, 0.717) is 19.6 Å². The maximum Gasteiger partial charge on any atom is 0.261 e. The fourth-order valence-corrected chi connectivity index (χ4v) is 3.14. The molecule has 0 saturated carbocycles. The molecule has 0 saturated heterocycles. The van der Waals surface area contributed by atoms with Crippen molar-refractivity contribution in [3.8, 4) is 11.5 Å². The van der Waals surface area contributed by atoms with E-state index in [1.54, 1.807) is 7.11 Å². The molecule has 0 fully saturated rings. The van der Waals surface area contributed by atoms with Crippen LogP contribution in [-0.2, 0) is 0 Å². The van der Waals surface area contributed by atoms with E-state index >= 15 is 0 Å². The minimum Gasteiger partial charge on any atom is -0.497 e. The van der Waals surface area contributed by atoms with Crippen molar-refractivity contribution >= 4 is 23.2 Å². The summed E-state index contributed by atoms with van der Waals surface area (Å²) in [6, 6.07) is 11.2. The number of carbonyl (C=O) groups excluding carboxylic acids is 1. The summed E-state index contributed by atoms with van der Waals surface area (Å²) in [5, 5.41) is 11.3. The first-order valence-corrected chi connectivity index (χ1v) is 10.6. The van der Waals surface area contributed by atoms with E-state index < -0.39 is 0 Å². The molecule has 1 amide bonds. The summed E-state index contributed by atoms with van der Waals surface area (Å²) < 4.78 is 11.1. The van der Waals surface area contributed by atoms with E-state index in [-0.39, 0.29) is 12.0 Å². The van der Waals surface area contributed by atoms with Crippen molar-refractivity contribution < 1.29 is 14.3 Å². The molecule has 0 aliphatic carbocycles. The molecule has 158 valence electrons. The molecule has 1 aromatic carbocycles. The Morgan fingerprint density at radius 3 is 2.66 bits per heavy atom. The first-order valence-electron chi connectivity index (χ1n) is 9.77. The van der Waals surface area contributed by atoms with Crippen LogP contribution in [0.25, 0.3) is 0 Å². The van der Waals surface area contributed by atoms with Crippen molar-refractivity contribution in [2.24, 2.45) is 4.99 Å². The van der Waals surface area contributed by atoms with Crippen LogP contribution in [0.15, 0.2) is 46.8 Å². The zero-order valence-electron chi connectivity index (χ0n) is 17.2. The predicted octanol–water partition coefficient (Wildman–Crippen LogP) is 2.90. The molecule has 1 unspecified atom stereocenters. The number of rotatable bonds is 11. The summed E-state index contributed by atoms with van der Waals surface area (Å²) in [5.74, 6) is 2.23. The van der Waals surface area contributed by atoms with Gasteiger partial charge in [-0.25, -0.2) is 4.99 Å². The summed E-state index contributed by atoms with van der Waals surface area (Å²) in [4.78, 5) is 17.2. The summed E-state index contributed by atoms with van der Waals surface area (Å²) in [5.41, 5.74) is 0. The first-order chi connectivity index (χ1) is 14.1. The minimum atomic E-state index is -0.0809. The lowest BCUT2D eigenvalue weighted by molar-refractivity contribution is 0.0957. The lowest BCUT2D eigenvalue weighted by Gasteiger charge is -2.15. The maximum atomic E-state index is 11.9. The summed E-state index contributed by atoms with van der Waals surface area (Å²) >= 11 is 1.44. The number of hydrogen-bond donors (Lipinski definition) is 3. The Balaban J connectivity index is 1.71. The van der Waals surface area contributed by atoms with Gasteiger partial charge in [-0.2, -0.15) is 0 Å². The molecular weight excluding hydrogens is 388 g/mol. The smallest absolute Gasteiger partial charge is 0.261 e. The van der Waals surface area contributed by atoms with Gasteiger partial charge in [0.15, 0.2) is 5.96 Å². The summed E-state index contributed by atoms with van der Waals surface area (Å²) in [6.07, 6.45) is 0.722. The number of guanidine groups is 1. The molecular formula is C21H30N4O3S. The number of benzene rings is 1. The van der Waals surface area contributed by atoms with Gasteiger partial charge >= 0.3 is 0 Å². The van der Waals surface area contributed by atoms with Gasteiger partial charge in [-0.1, -0.05) is 12.1 Å². The summed E-state index contributed by atoms with van der Waals surface area (Å²) in [6.45, 7) is 6.61. The maximum absolute atomic E-state index is 11.9. The van der Waals surface area contributed by atoms with E-state index in [9.17, 15) is 4.79 Å². The Morgan fingerprint density at radius 1 is 1.14 bits per heavy atom. The SMILES string of the molecule is CCNC(=NCC(C)Oc1cccc(OC)c1)NCCCNC(=O)c1cccs1. The second-order valence-electron chi connectivity index (χ2n) is 6.34. The zero-order chi connectivity index (χ0) is 20.9. The number of carbonyl (C=O) groups is 1. The number of hydrogen-bond acceptors (Lipinski definition) is 5. The van der Waals surface area contributed by atoms with Gasteiger partial charge in [-0.3, -0.25) is 4.79 Å². The molecule has 29 heavy (non-hydrogen) atoms. The fraction of sp³-hybridized carbons (Fsp3) is 0.429. The van der Waals surface area contributed by atoms with E-state index in [0.717, 1.165) is 35.3 Å². The minimum absolute atomic E-state index is 0.0240. The molecule has 1 aromatic heterocycles. The van der Waals surface area contributed by atoms with E-state index in [1.165, 1.54) is 11.3 Å². The largest absolute Gasteiger partial charge is 0.497 e. The summed E-state index contributed by atoms with van der Waals surface area (Å²) in [7, 11) is 1.63. The van der Waals surface area contributed by atoms with Crippen molar-refractivity contribution in [3.63, 3.8) is 0 Å². The van der Waals surface area contributed by atoms with Gasteiger partial charge in [0.25, 0.3) is 5.91 Å². The van der Waals surface area contributed by atoms with Crippen LogP contribution in [0.5, 0.6) is 11.5 Å². The van der Waals surface area contributed by atoms with Crippen molar-refractivity contribution in [2.45, 2.75) is 26.4 Å². The monoisotopic (exact) mass is 418 g/mol. The molecule has 2 aromatic rings. The van der Waals surface area contributed by atoms with Gasteiger partial charge in [-0.15, -0.1) is 11.3 Å². The lowest BCUT2D eigenvalue weighted by Crippen LogP contribution is -2.39. The molecule has 1 atom stereocenters. The average Bonchev–Trinajstić information content (AvgIpc) is 3.26. The average molecular weight is 419 g/mol. The molecule has 7 nitrogen and oxygen atoms in total. The van der Waals surface area contributed by atoms with Crippen LogP contribution in [0.4, 0.5) is 0 Å². The van der Waals surface area contributed by atoms with Crippen LogP contribution in [0.2, 0.25) is 0 Å². The molecule has 0 spiro atoms. The second-order valence-corrected chi connectivity index (χ2v) is 7.29. The Hall–Kier alpha value is -2.74. The number of thiophene rings is 1. The standard InChI is InChI=1S/C21H30N4O3S/c1-4-22-21(24-12-7-11-23-20(26)19-10-6-13-29-19)25-15-16(2)28-18-9-5-8-17(14-18)27-3/h5-6,8-10,13-14,16H,4,7,11-12,15H2,1-3H3,(H,23,26)(H2,22,24,25). The molecule has 1 heterocycles. The Kier molecular flexibility index (Phi) is 9.85. The van der Waals surface area contributed by atoms with Gasteiger partial charge in [0.05, 0.1) is 18.5 Å². The number of ether oxygens (including phenoxy) is 2. The van der Waals surface area contributed by atoms with E-state index in [4.69, 9.17) is 9.47 Å². The van der Waals surface area contributed by atoms with Crippen LogP contribution >= 0.6 is 11.3 Å². The zero-order valence-corrected chi connectivity index (χ0v) is 18.1. The van der Waals surface area contributed by atoms with E-state index in [1.807, 2.05) is 55.6 Å². The molecule has 0 bridgehead atoms. The quantitative estimate of drug-likeness (QED) is 0.297. The number of nitrogens with zero attached hydrogens (tertiary/aromatic N) is 1. The highest BCUT2D eigenvalue weighted by atomic mass is 32.1. The van der Waals surface area contributed by atoms with Gasteiger partial charge in [0, 0.05) is 25.7 Å². The van der Waals surface area contributed by atoms with Crippen LogP contribution in [-0.4, -0.2) is 51.3 Å². The van der Waals surface area contributed by atoms with Crippen LogP contribution in [0, 0.1) is 0 Å². The third-order valence-electron chi connectivity index (χ3n) is 3.91. The Morgan fingerprint density at radius 2 is 1.93 bits per heavy atom. The molecule has 2 rings (SSSR count). The van der Waals surface area contributed by atoms with E-state index in [2.05, 4.69) is 20.9 Å². The molecule has 8 heteroatoms. The highest BCUT2D eigenvalue weighted by Crippen LogP contribution is 2.19. The predicted molar refractivity (Wildman–Crippen MR) is 118 cm³/mol. The number of aliphatic imine (C=N–C) groups is 1. The van der Waals surface area contributed by atoms with Gasteiger partial charge in [-0.05, 0) is 43.8 Å². The van der Waals surface area contributed by atoms with Crippen LogP contribution in [0.1, 0.15) is 29.9 Å². The first kappa shape index (κ1) is 22.5. The highest BCUT2D eigenvalue weighted by Gasteiger charge is 2.07. The number of amides is 1. The third-order valence-corrected chi connectivity index (χ3v) is 4.77. The normalized spacial score (nSPS) is 12.2. The molecule has 0 aliphatic rings. The Labute approximate surface area is 176 Å². The second kappa shape index (κ2) is 12.7. The topological polar surface area (TPSA) is 84.0 Å². The highest BCUT2D eigenvalue weighted by molar-refractivity contribution is 7.12. The van der Waals surface area contributed by atoms with Crippen LogP contribution < -0.4 is 25.4 Å². The van der Waals surface area contributed by atoms with Crippen molar-refractivity contribution in [1.82, 2.24) is 16.0 Å². The van der Waals surface area contributed by atoms with Crippen LogP contribution in [0.3, 0.4) is 0 Å². The molecule has 3 N–H and O–H groups in total. The van der Waals surface area contributed by atoms with Gasteiger partial charge < -0.3 is 25.4 Å². The Bertz CT molecular complexity index is 765. The lowest BCUT2D eigenvalue weighted by atomic mass is 10.3. The van der Waals surface area contributed by atoms with Crippen molar-refractivity contribution in [3.05, 3.63) is 46.7 Å². The van der Waals surface area contributed by atoms with Gasteiger partial charge in [0.1, 0.15) is 17.6 Å². The number of nitrogens with one attached hydrogen (secondary N) is 3. The molecule has 0 aliphatic heterocycles. The third kappa shape index (κ3) is 8.43. The van der Waals surface area contributed by atoms with Crippen molar-refractivity contribution in [2.75, 3.05) is 33.3 Å².